The van der Waals surface area contributed by atoms with Gasteiger partial charge >= 0.3 is 0 Å². The van der Waals surface area contributed by atoms with E-state index in [1.807, 2.05) is 45.0 Å². The first-order valence-electron chi connectivity index (χ1n) is 6.15. The minimum Gasteiger partial charge on any atom is -0.383 e. The third-order valence-corrected chi connectivity index (χ3v) is 3.78. The van der Waals surface area contributed by atoms with Crippen molar-refractivity contribution in [1.82, 2.24) is 4.98 Å². The predicted molar refractivity (Wildman–Crippen MR) is 84.8 cm³/mol. The number of hydrogen-bond acceptors (Lipinski definition) is 3. The van der Waals surface area contributed by atoms with Gasteiger partial charge in [-0.05, 0) is 20.8 Å². The van der Waals surface area contributed by atoms with Crippen LogP contribution in [-0.2, 0) is 0 Å². The van der Waals surface area contributed by atoms with Gasteiger partial charge < -0.3 is 11.5 Å². The number of aryl methyl sites for hydroxylation is 3. The first kappa shape index (κ1) is 14.2. The number of thiazole rings is 1. The first-order chi connectivity index (χ1) is 9.45. The van der Waals surface area contributed by atoms with Gasteiger partial charge in [-0.3, -0.25) is 0 Å². The third-order valence-electron chi connectivity index (χ3n) is 2.81. The average molecular weight is 287 g/mol. The highest BCUT2D eigenvalue weighted by molar-refractivity contribution is 7.15. The van der Waals surface area contributed by atoms with Crippen LogP contribution in [0, 0.1) is 20.8 Å². The van der Waals surface area contributed by atoms with Crippen molar-refractivity contribution in [1.29, 1.82) is 0 Å². The molecule has 0 bridgehead atoms. The highest BCUT2D eigenvalue weighted by Gasteiger charge is 2.03. The molecule has 0 atom stereocenters. The zero-order valence-electron chi connectivity index (χ0n) is 11.7. The van der Waals surface area contributed by atoms with Crippen LogP contribution in [-0.4, -0.2) is 16.8 Å². The molecule has 1 heterocycles. The van der Waals surface area contributed by atoms with Gasteiger partial charge in [0.1, 0.15) is 5.84 Å². The molecule has 0 unspecified atom stereocenters. The van der Waals surface area contributed by atoms with E-state index >= 15 is 0 Å². The Morgan fingerprint density at radius 3 is 2.30 bits per heavy atom. The molecule has 0 saturated carbocycles. The lowest BCUT2D eigenvalue weighted by atomic mass is 10.1. The average Bonchev–Trinajstić information content (AvgIpc) is 2.68. The largest absolute Gasteiger partial charge is 0.383 e. The van der Waals surface area contributed by atoms with Crippen LogP contribution >= 0.6 is 11.3 Å². The SMILES string of the molecule is Cc1ccc(C(N)=NC(N)=Nc2nc(C)c(C)s2)cc1. The lowest BCUT2D eigenvalue weighted by molar-refractivity contribution is 1.21. The first-order valence-corrected chi connectivity index (χ1v) is 6.97. The third kappa shape index (κ3) is 3.42. The van der Waals surface area contributed by atoms with Crippen LogP contribution in [0.2, 0.25) is 0 Å². The van der Waals surface area contributed by atoms with E-state index in [-0.39, 0.29) is 5.96 Å². The van der Waals surface area contributed by atoms with Gasteiger partial charge in [-0.1, -0.05) is 41.2 Å². The number of guanidine groups is 1. The highest BCUT2D eigenvalue weighted by atomic mass is 32.1. The fourth-order valence-corrected chi connectivity index (χ4v) is 2.33. The number of amidine groups is 1. The van der Waals surface area contributed by atoms with E-state index in [0.717, 1.165) is 21.7 Å². The Hall–Kier alpha value is -2.21. The second-order valence-electron chi connectivity index (χ2n) is 4.47. The molecule has 0 aliphatic carbocycles. The van der Waals surface area contributed by atoms with E-state index in [2.05, 4.69) is 15.0 Å². The van der Waals surface area contributed by atoms with Crippen molar-refractivity contribution in [3.63, 3.8) is 0 Å². The Morgan fingerprint density at radius 2 is 1.75 bits per heavy atom. The molecule has 0 aliphatic heterocycles. The van der Waals surface area contributed by atoms with Crippen molar-refractivity contribution >= 4 is 28.3 Å². The Balaban J connectivity index is 2.22. The molecule has 0 fully saturated rings. The number of hydrogen-bond donors (Lipinski definition) is 2. The van der Waals surface area contributed by atoms with Gasteiger partial charge in [0.15, 0.2) is 0 Å². The Bertz CT molecular complexity index is 648. The van der Waals surface area contributed by atoms with Gasteiger partial charge in [0.05, 0.1) is 5.69 Å². The normalized spacial score (nSPS) is 12.8. The molecule has 0 amide bonds. The van der Waals surface area contributed by atoms with Crippen LogP contribution in [0.4, 0.5) is 5.13 Å². The van der Waals surface area contributed by atoms with E-state index in [0.29, 0.717) is 11.0 Å². The number of nitrogens with zero attached hydrogens (tertiary/aromatic N) is 3. The number of rotatable bonds is 2. The number of benzene rings is 1. The van der Waals surface area contributed by atoms with Gasteiger partial charge in [-0.15, -0.1) is 0 Å². The topological polar surface area (TPSA) is 89.6 Å². The summed E-state index contributed by atoms with van der Waals surface area (Å²) in [5, 5.41) is 0.595. The lowest BCUT2D eigenvalue weighted by Gasteiger charge is -2.00. The zero-order chi connectivity index (χ0) is 14.7. The van der Waals surface area contributed by atoms with Gasteiger partial charge in [0, 0.05) is 10.4 Å². The summed E-state index contributed by atoms with van der Waals surface area (Å²) in [7, 11) is 0. The maximum Gasteiger partial charge on any atom is 0.224 e. The molecule has 4 N–H and O–H groups in total. The predicted octanol–water partition coefficient (Wildman–Crippen LogP) is 2.42. The fourth-order valence-electron chi connectivity index (χ4n) is 1.54. The maximum absolute atomic E-state index is 5.91. The minimum atomic E-state index is 0.108. The molecule has 0 saturated heterocycles. The molecule has 2 rings (SSSR count). The molecule has 0 aliphatic rings. The van der Waals surface area contributed by atoms with E-state index < -0.39 is 0 Å². The molecule has 104 valence electrons. The van der Waals surface area contributed by atoms with Gasteiger partial charge in [0.25, 0.3) is 0 Å². The molecular weight excluding hydrogens is 270 g/mol. The second-order valence-corrected chi connectivity index (χ2v) is 5.65. The quantitative estimate of drug-likeness (QED) is 0.656. The van der Waals surface area contributed by atoms with Crippen molar-refractivity contribution in [3.05, 3.63) is 46.0 Å². The Labute approximate surface area is 122 Å². The fraction of sp³-hybridized carbons (Fsp3) is 0.214. The number of aliphatic imine (C=N–C) groups is 2. The summed E-state index contributed by atoms with van der Waals surface area (Å²) in [5.41, 5.74) is 14.6. The molecule has 0 spiro atoms. The van der Waals surface area contributed by atoms with Crippen LogP contribution in [0.5, 0.6) is 0 Å². The van der Waals surface area contributed by atoms with Crippen LogP contribution in [0.15, 0.2) is 34.3 Å². The van der Waals surface area contributed by atoms with Crippen molar-refractivity contribution in [2.45, 2.75) is 20.8 Å². The summed E-state index contributed by atoms with van der Waals surface area (Å²) < 4.78 is 0. The summed E-state index contributed by atoms with van der Waals surface area (Å²) >= 11 is 1.48. The number of aromatic nitrogens is 1. The smallest absolute Gasteiger partial charge is 0.224 e. The Kier molecular flexibility index (Phi) is 4.14. The molecular formula is C14H17N5S. The summed E-state index contributed by atoms with van der Waals surface area (Å²) in [5.74, 6) is 0.452. The van der Waals surface area contributed by atoms with Crippen molar-refractivity contribution < 1.29 is 0 Å². The standard InChI is InChI=1S/C14H17N5S/c1-8-4-6-11(7-5-8)12(15)18-13(16)19-14-17-9(2)10(3)20-14/h4-7H,1-3H3,(H4,15,16,17,18,19). The second kappa shape index (κ2) is 5.83. The monoisotopic (exact) mass is 287 g/mol. The highest BCUT2D eigenvalue weighted by Crippen LogP contribution is 2.23. The molecule has 1 aromatic heterocycles. The van der Waals surface area contributed by atoms with E-state index in [4.69, 9.17) is 11.5 Å². The van der Waals surface area contributed by atoms with Crippen LogP contribution in [0.1, 0.15) is 21.7 Å². The van der Waals surface area contributed by atoms with Crippen LogP contribution in [0.25, 0.3) is 0 Å². The van der Waals surface area contributed by atoms with Crippen LogP contribution in [0.3, 0.4) is 0 Å². The Morgan fingerprint density at radius 1 is 1.10 bits per heavy atom. The number of nitrogens with two attached hydrogens (primary N) is 2. The van der Waals surface area contributed by atoms with E-state index in [1.165, 1.54) is 11.3 Å². The maximum atomic E-state index is 5.91. The van der Waals surface area contributed by atoms with Crippen molar-refractivity contribution in [3.8, 4) is 0 Å². The van der Waals surface area contributed by atoms with E-state index in [9.17, 15) is 0 Å². The zero-order valence-corrected chi connectivity index (χ0v) is 12.5. The van der Waals surface area contributed by atoms with Gasteiger partial charge in [-0.2, -0.15) is 9.98 Å². The molecule has 20 heavy (non-hydrogen) atoms. The van der Waals surface area contributed by atoms with Crippen LogP contribution < -0.4 is 11.5 Å². The van der Waals surface area contributed by atoms with Crippen molar-refractivity contribution in [2.24, 2.45) is 21.5 Å². The summed E-state index contributed by atoms with van der Waals surface area (Å²) in [6.45, 7) is 5.94. The van der Waals surface area contributed by atoms with Gasteiger partial charge in [-0.25, -0.2) is 4.98 Å². The summed E-state index contributed by atoms with van der Waals surface area (Å²) in [4.78, 5) is 13.7. The molecule has 2 aromatic rings. The van der Waals surface area contributed by atoms with Gasteiger partial charge in [0.2, 0.25) is 11.1 Å². The summed E-state index contributed by atoms with van der Waals surface area (Å²) in [6.07, 6.45) is 0. The minimum absolute atomic E-state index is 0.108. The molecule has 1 aromatic carbocycles. The molecule has 0 radical (unpaired) electrons. The van der Waals surface area contributed by atoms with E-state index in [1.54, 1.807) is 0 Å². The summed E-state index contributed by atoms with van der Waals surface area (Å²) in [6, 6.07) is 7.75. The lowest BCUT2D eigenvalue weighted by Crippen LogP contribution is -2.19. The molecule has 5 nitrogen and oxygen atoms in total. The molecule has 6 heteroatoms. The van der Waals surface area contributed by atoms with Crippen molar-refractivity contribution in [2.75, 3.05) is 0 Å².